The third-order valence-electron chi connectivity index (χ3n) is 2.98. The minimum absolute atomic E-state index is 0.116. The second-order valence-corrected chi connectivity index (χ2v) is 4.75. The summed E-state index contributed by atoms with van der Waals surface area (Å²) < 4.78 is 0. The molecule has 2 aromatic rings. The Balaban J connectivity index is 2.48. The maximum absolute atomic E-state index is 4.54. The summed E-state index contributed by atoms with van der Waals surface area (Å²) in [5.41, 5.74) is 2.10. The molecule has 1 unspecified atom stereocenters. The molecule has 20 heavy (non-hydrogen) atoms. The second-order valence-electron chi connectivity index (χ2n) is 4.75. The molecule has 1 aromatic heterocycles. The van der Waals surface area contributed by atoms with Crippen molar-refractivity contribution in [2.45, 2.75) is 19.9 Å². The van der Waals surface area contributed by atoms with Gasteiger partial charge in [0.2, 0.25) is 5.95 Å². The van der Waals surface area contributed by atoms with E-state index in [1.165, 1.54) is 5.56 Å². The van der Waals surface area contributed by atoms with Crippen LogP contribution >= 0.6 is 0 Å². The van der Waals surface area contributed by atoms with Crippen LogP contribution in [0.1, 0.15) is 12.5 Å². The maximum atomic E-state index is 4.54. The molecule has 0 aliphatic carbocycles. The summed E-state index contributed by atoms with van der Waals surface area (Å²) >= 11 is 0. The molecule has 0 bridgehead atoms. The number of benzene rings is 1. The highest BCUT2D eigenvalue weighted by molar-refractivity contribution is 5.90. The molecule has 1 aromatic carbocycles. The number of anilines is 2. The third-order valence-corrected chi connectivity index (χ3v) is 2.98. The number of rotatable bonds is 6. The molecule has 1 atom stereocenters. The fourth-order valence-corrected chi connectivity index (χ4v) is 1.87. The van der Waals surface area contributed by atoms with E-state index in [1.807, 2.05) is 31.2 Å². The topological polar surface area (TPSA) is 49.8 Å². The number of hydrogen-bond donors (Lipinski definition) is 2. The summed E-state index contributed by atoms with van der Waals surface area (Å²) in [6.07, 6.45) is 3.63. The molecule has 0 aliphatic heterocycles. The Hall–Kier alpha value is -2.36. The highest BCUT2D eigenvalue weighted by atomic mass is 15.1. The van der Waals surface area contributed by atoms with E-state index in [0.717, 1.165) is 16.7 Å². The number of nitrogens with zero attached hydrogens (tertiary/aromatic N) is 2. The molecule has 0 saturated heterocycles. The molecule has 104 valence electrons. The lowest BCUT2D eigenvalue weighted by Gasteiger charge is -2.13. The Morgan fingerprint density at radius 3 is 2.80 bits per heavy atom. The third kappa shape index (κ3) is 3.15. The molecular weight excluding hydrogens is 248 g/mol. The van der Waals surface area contributed by atoms with Gasteiger partial charge in [-0.15, -0.1) is 13.2 Å². The number of fused-ring (bicyclic) bond motifs is 1. The number of hydrogen-bond acceptors (Lipinski definition) is 4. The van der Waals surface area contributed by atoms with Gasteiger partial charge in [0.25, 0.3) is 0 Å². The summed E-state index contributed by atoms with van der Waals surface area (Å²) in [6, 6.07) is 6.26. The minimum atomic E-state index is 0.116. The Morgan fingerprint density at radius 2 is 2.10 bits per heavy atom. The number of aromatic nitrogens is 2. The van der Waals surface area contributed by atoms with Gasteiger partial charge in [0.05, 0.1) is 5.52 Å². The second kappa shape index (κ2) is 6.19. The Bertz CT molecular complexity index is 634. The molecule has 0 spiro atoms. The maximum Gasteiger partial charge on any atom is 0.225 e. The summed E-state index contributed by atoms with van der Waals surface area (Å²) in [7, 11) is 0. The van der Waals surface area contributed by atoms with Crippen molar-refractivity contribution < 1.29 is 0 Å². The van der Waals surface area contributed by atoms with Crippen LogP contribution in [0.5, 0.6) is 0 Å². The zero-order valence-electron chi connectivity index (χ0n) is 12.0. The van der Waals surface area contributed by atoms with E-state index in [1.54, 1.807) is 0 Å². The zero-order valence-corrected chi connectivity index (χ0v) is 12.0. The van der Waals surface area contributed by atoms with Gasteiger partial charge in [-0.3, -0.25) is 0 Å². The van der Waals surface area contributed by atoms with Crippen molar-refractivity contribution in [2.24, 2.45) is 0 Å². The van der Waals surface area contributed by atoms with Gasteiger partial charge in [-0.1, -0.05) is 23.8 Å². The zero-order chi connectivity index (χ0) is 14.5. The standard InChI is InChI=1S/C16H20N4/c1-5-9-17-15-13-10-11(3)7-8-14(13)19-16(20-15)18-12(4)6-2/h5-8,10,12H,1-2,9H2,3-4H3,(H2,17,18,19,20). The van der Waals surface area contributed by atoms with Crippen molar-refractivity contribution >= 4 is 22.7 Å². The van der Waals surface area contributed by atoms with Crippen molar-refractivity contribution in [1.82, 2.24) is 9.97 Å². The Kier molecular flexibility index (Phi) is 4.35. The lowest BCUT2D eigenvalue weighted by atomic mass is 10.1. The van der Waals surface area contributed by atoms with Crippen LogP contribution in [-0.4, -0.2) is 22.6 Å². The van der Waals surface area contributed by atoms with Crippen LogP contribution in [0, 0.1) is 6.92 Å². The van der Waals surface area contributed by atoms with E-state index in [-0.39, 0.29) is 6.04 Å². The van der Waals surface area contributed by atoms with E-state index in [4.69, 9.17) is 0 Å². The molecule has 4 nitrogen and oxygen atoms in total. The first kappa shape index (κ1) is 14.1. The first-order chi connectivity index (χ1) is 9.63. The molecule has 4 heteroatoms. The van der Waals surface area contributed by atoms with Crippen LogP contribution in [0.25, 0.3) is 10.9 Å². The SMILES string of the molecule is C=CCNc1nc(NC(C)C=C)nc2ccc(C)cc12. The van der Waals surface area contributed by atoms with Gasteiger partial charge in [-0.2, -0.15) is 4.98 Å². The van der Waals surface area contributed by atoms with Crippen LogP contribution in [0.4, 0.5) is 11.8 Å². The van der Waals surface area contributed by atoms with Crippen molar-refractivity contribution in [3.63, 3.8) is 0 Å². The summed E-state index contributed by atoms with van der Waals surface area (Å²) in [6.45, 7) is 12.2. The predicted octanol–water partition coefficient (Wildman–Crippen LogP) is 3.52. The fraction of sp³-hybridized carbons (Fsp3) is 0.250. The van der Waals surface area contributed by atoms with Crippen molar-refractivity contribution in [3.8, 4) is 0 Å². The normalized spacial score (nSPS) is 11.9. The van der Waals surface area contributed by atoms with E-state index in [9.17, 15) is 0 Å². The van der Waals surface area contributed by atoms with Crippen molar-refractivity contribution in [3.05, 3.63) is 49.1 Å². The first-order valence-corrected chi connectivity index (χ1v) is 6.66. The van der Waals surface area contributed by atoms with Crippen LogP contribution in [0.3, 0.4) is 0 Å². The van der Waals surface area contributed by atoms with Gasteiger partial charge in [-0.05, 0) is 26.0 Å². The largest absolute Gasteiger partial charge is 0.366 e. The molecular formula is C16H20N4. The monoisotopic (exact) mass is 268 g/mol. The van der Waals surface area contributed by atoms with E-state index in [2.05, 4.69) is 46.7 Å². The van der Waals surface area contributed by atoms with Crippen molar-refractivity contribution in [2.75, 3.05) is 17.2 Å². The van der Waals surface area contributed by atoms with Gasteiger partial charge < -0.3 is 10.6 Å². The molecule has 0 saturated carbocycles. The fourth-order valence-electron chi connectivity index (χ4n) is 1.87. The summed E-state index contributed by atoms with van der Waals surface area (Å²) in [4.78, 5) is 9.08. The van der Waals surface area contributed by atoms with Crippen LogP contribution in [0.15, 0.2) is 43.5 Å². The Morgan fingerprint density at radius 1 is 1.30 bits per heavy atom. The predicted molar refractivity (Wildman–Crippen MR) is 86.2 cm³/mol. The summed E-state index contributed by atoms with van der Waals surface area (Å²) in [5, 5.41) is 7.49. The number of aryl methyl sites for hydroxylation is 1. The van der Waals surface area contributed by atoms with Gasteiger partial charge in [0.15, 0.2) is 0 Å². The molecule has 2 rings (SSSR count). The molecule has 2 N–H and O–H groups in total. The number of nitrogens with one attached hydrogen (secondary N) is 2. The lowest BCUT2D eigenvalue weighted by molar-refractivity contribution is 0.964. The van der Waals surface area contributed by atoms with Gasteiger partial charge in [-0.25, -0.2) is 4.98 Å². The van der Waals surface area contributed by atoms with Crippen LogP contribution in [0.2, 0.25) is 0 Å². The van der Waals surface area contributed by atoms with E-state index >= 15 is 0 Å². The smallest absolute Gasteiger partial charge is 0.225 e. The van der Waals surface area contributed by atoms with Crippen molar-refractivity contribution in [1.29, 1.82) is 0 Å². The first-order valence-electron chi connectivity index (χ1n) is 6.66. The molecule has 0 radical (unpaired) electrons. The van der Waals surface area contributed by atoms with Crippen LogP contribution in [-0.2, 0) is 0 Å². The molecule has 0 fully saturated rings. The van der Waals surface area contributed by atoms with Gasteiger partial charge in [0.1, 0.15) is 5.82 Å². The van der Waals surface area contributed by atoms with Gasteiger partial charge in [0, 0.05) is 18.0 Å². The lowest BCUT2D eigenvalue weighted by Crippen LogP contribution is -2.15. The van der Waals surface area contributed by atoms with Crippen LogP contribution < -0.4 is 10.6 Å². The van der Waals surface area contributed by atoms with E-state index < -0.39 is 0 Å². The highest BCUT2D eigenvalue weighted by Gasteiger charge is 2.08. The average Bonchev–Trinajstić information content (AvgIpc) is 2.45. The Labute approximate surface area is 119 Å². The summed E-state index contributed by atoms with van der Waals surface area (Å²) in [5.74, 6) is 1.41. The molecule has 1 heterocycles. The molecule has 0 aliphatic rings. The highest BCUT2D eigenvalue weighted by Crippen LogP contribution is 2.23. The quantitative estimate of drug-likeness (QED) is 0.787. The molecule has 0 amide bonds. The average molecular weight is 268 g/mol. The minimum Gasteiger partial charge on any atom is -0.366 e. The van der Waals surface area contributed by atoms with E-state index in [0.29, 0.717) is 12.5 Å². The van der Waals surface area contributed by atoms with Gasteiger partial charge >= 0.3 is 0 Å².